The quantitative estimate of drug-likeness (QED) is 0.102. The Hall–Kier alpha value is -2.21. The van der Waals surface area contributed by atoms with E-state index in [0.29, 0.717) is 19.6 Å². The van der Waals surface area contributed by atoms with Crippen molar-refractivity contribution in [3.63, 3.8) is 0 Å². The van der Waals surface area contributed by atoms with Crippen LogP contribution in [0.15, 0.2) is 60.2 Å². The van der Waals surface area contributed by atoms with Gasteiger partial charge in [-0.25, -0.2) is 0 Å². The third kappa shape index (κ3) is 12.6. The van der Waals surface area contributed by atoms with Gasteiger partial charge in [-0.3, -0.25) is 4.79 Å². The molecule has 0 radical (unpaired) electrons. The fourth-order valence-electron chi connectivity index (χ4n) is 4.66. The van der Waals surface area contributed by atoms with E-state index in [0.717, 1.165) is 68.4 Å². The van der Waals surface area contributed by atoms with Gasteiger partial charge < -0.3 is 19.9 Å². The molecule has 1 aliphatic carbocycles. The Morgan fingerprint density at radius 1 is 1.00 bits per heavy atom. The summed E-state index contributed by atoms with van der Waals surface area (Å²) in [6.07, 6.45) is 21.1. The molecule has 2 N–H and O–H groups in total. The summed E-state index contributed by atoms with van der Waals surface area (Å²) in [7, 11) is 1.66. The molecule has 2 rings (SSSR count). The number of hydrogen-bond donors (Lipinski definition) is 2. The molecule has 1 aromatic carbocycles. The van der Waals surface area contributed by atoms with Crippen molar-refractivity contribution in [1.82, 2.24) is 5.32 Å². The molecule has 5 nitrogen and oxygen atoms in total. The second-order valence-corrected chi connectivity index (χ2v) is 10.3. The first-order valence-electron chi connectivity index (χ1n) is 14.8. The SMILES string of the molecule is CCCCC/C=C\C[C@H]1C=CC(=O)/C1=C/[C@H](NCCCCC)[C@H](O)CCCCOCc1ccc(OC)cc1. The third-order valence-electron chi connectivity index (χ3n) is 7.10. The monoisotopic (exact) mass is 525 g/mol. The minimum absolute atomic E-state index is 0.0777. The van der Waals surface area contributed by atoms with E-state index in [2.05, 4.69) is 31.3 Å². The smallest absolute Gasteiger partial charge is 0.181 e. The number of allylic oxidation sites excluding steroid dienone is 5. The molecular formula is C33H51NO4. The van der Waals surface area contributed by atoms with Gasteiger partial charge in [0, 0.05) is 18.1 Å². The number of ketones is 1. The Morgan fingerprint density at radius 3 is 2.50 bits per heavy atom. The van der Waals surface area contributed by atoms with Crippen LogP contribution in [0.1, 0.15) is 90.0 Å². The Kier molecular flexibility index (Phi) is 16.7. The molecule has 0 fully saturated rings. The van der Waals surface area contributed by atoms with Gasteiger partial charge in [0.15, 0.2) is 5.78 Å². The summed E-state index contributed by atoms with van der Waals surface area (Å²) in [5.41, 5.74) is 1.94. The summed E-state index contributed by atoms with van der Waals surface area (Å²) in [6, 6.07) is 7.69. The van der Waals surface area contributed by atoms with Crippen molar-refractivity contribution < 1.29 is 19.4 Å². The zero-order chi connectivity index (χ0) is 27.4. The molecule has 5 heteroatoms. The molecular weight excluding hydrogens is 474 g/mol. The van der Waals surface area contributed by atoms with Crippen molar-refractivity contribution in [3.05, 3.63) is 65.8 Å². The summed E-state index contributed by atoms with van der Waals surface area (Å²) in [5, 5.41) is 14.6. The lowest BCUT2D eigenvalue weighted by Gasteiger charge is -2.23. The van der Waals surface area contributed by atoms with Crippen LogP contribution in [0.3, 0.4) is 0 Å². The van der Waals surface area contributed by atoms with E-state index >= 15 is 0 Å². The number of hydrogen-bond acceptors (Lipinski definition) is 5. The fraction of sp³-hybridized carbons (Fsp3) is 0.606. The lowest BCUT2D eigenvalue weighted by atomic mass is 9.93. The van der Waals surface area contributed by atoms with Gasteiger partial charge >= 0.3 is 0 Å². The van der Waals surface area contributed by atoms with E-state index < -0.39 is 6.10 Å². The normalized spacial score (nSPS) is 18.1. The summed E-state index contributed by atoms with van der Waals surface area (Å²) in [4.78, 5) is 12.7. The number of ether oxygens (including phenoxy) is 2. The maximum absolute atomic E-state index is 12.7. The van der Waals surface area contributed by atoms with Crippen LogP contribution in [-0.4, -0.2) is 43.3 Å². The van der Waals surface area contributed by atoms with Crippen LogP contribution in [0.2, 0.25) is 0 Å². The van der Waals surface area contributed by atoms with Crippen LogP contribution in [0.4, 0.5) is 0 Å². The molecule has 38 heavy (non-hydrogen) atoms. The molecule has 0 heterocycles. The van der Waals surface area contributed by atoms with Gasteiger partial charge in [0.25, 0.3) is 0 Å². The fourth-order valence-corrected chi connectivity index (χ4v) is 4.66. The van der Waals surface area contributed by atoms with Gasteiger partial charge in [-0.15, -0.1) is 0 Å². The van der Waals surface area contributed by atoms with Crippen LogP contribution in [0.25, 0.3) is 0 Å². The molecule has 0 aromatic heterocycles. The Labute approximate surface area is 231 Å². The lowest BCUT2D eigenvalue weighted by Crippen LogP contribution is -2.39. The van der Waals surface area contributed by atoms with Crippen LogP contribution in [0.5, 0.6) is 5.75 Å². The highest BCUT2D eigenvalue weighted by Crippen LogP contribution is 2.27. The van der Waals surface area contributed by atoms with E-state index in [-0.39, 0.29) is 17.7 Å². The number of carbonyl (C=O) groups excluding carboxylic acids is 1. The number of aliphatic hydroxyl groups is 1. The number of methoxy groups -OCH3 is 1. The first-order valence-corrected chi connectivity index (χ1v) is 14.8. The van der Waals surface area contributed by atoms with E-state index in [1.54, 1.807) is 13.2 Å². The van der Waals surface area contributed by atoms with Gasteiger partial charge in [0.05, 0.1) is 25.9 Å². The maximum atomic E-state index is 12.7. The molecule has 0 bridgehead atoms. The Bertz CT molecular complexity index is 858. The topological polar surface area (TPSA) is 67.8 Å². The number of benzene rings is 1. The zero-order valence-electron chi connectivity index (χ0n) is 24.0. The van der Waals surface area contributed by atoms with E-state index in [9.17, 15) is 9.90 Å². The van der Waals surface area contributed by atoms with Gasteiger partial charge in [-0.1, -0.05) is 76.0 Å². The lowest BCUT2D eigenvalue weighted by molar-refractivity contribution is -0.111. The number of rotatable bonds is 21. The van der Waals surface area contributed by atoms with Crippen LogP contribution >= 0.6 is 0 Å². The van der Waals surface area contributed by atoms with Crippen LogP contribution in [-0.2, 0) is 16.1 Å². The van der Waals surface area contributed by atoms with Crippen molar-refractivity contribution in [3.8, 4) is 5.75 Å². The van der Waals surface area contributed by atoms with Gasteiger partial charge in [-0.2, -0.15) is 0 Å². The van der Waals surface area contributed by atoms with Crippen molar-refractivity contribution in [2.24, 2.45) is 5.92 Å². The summed E-state index contributed by atoms with van der Waals surface area (Å²) >= 11 is 0. The highest BCUT2D eigenvalue weighted by Gasteiger charge is 2.25. The molecule has 0 aliphatic heterocycles. The van der Waals surface area contributed by atoms with Gasteiger partial charge in [0.2, 0.25) is 0 Å². The number of aliphatic hydroxyl groups excluding tert-OH is 1. The number of unbranched alkanes of at least 4 members (excludes halogenated alkanes) is 6. The number of carbonyl (C=O) groups is 1. The van der Waals surface area contributed by atoms with Crippen LogP contribution in [0, 0.1) is 5.92 Å². The van der Waals surface area contributed by atoms with Crippen molar-refractivity contribution in [2.45, 2.75) is 103 Å². The van der Waals surface area contributed by atoms with Crippen molar-refractivity contribution >= 4 is 5.78 Å². The third-order valence-corrected chi connectivity index (χ3v) is 7.10. The Balaban J connectivity index is 1.85. The first kappa shape index (κ1) is 32.0. The zero-order valence-corrected chi connectivity index (χ0v) is 24.0. The predicted molar refractivity (Wildman–Crippen MR) is 157 cm³/mol. The molecule has 0 amide bonds. The molecule has 0 saturated heterocycles. The van der Waals surface area contributed by atoms with Crippen LogP contribution < -0.4 is 10.1 Å². The minimum Gasteiger partial charge on any atom is -0.497 e. The van der Waals surface area contributed by atoms with Gasteiger partial charge in [-0.05, 0) is 75.3 Å². The highest BCUT2D eigenvalue weighted by atomic mass is 16.5. The summed E-state index contributed by atoms with van der Waals surface area (Å²) in [6.45, 7) is 6.48. The first-order chi connectivity index (χ1) is 18.6. The summed E-state index contributed by atoms with van der Waals surface area (Å²) < 4.78 is 11.0. The minimum atomic E-state index is -0.538. The second-order valence-electron chi connectivity index (χ2n) is 10.3. The highest BCUT2D eigenvalue weighted by molar-refractivity contribution is 6.07. The molecule has 0 unspecified atom stereocenters. The van der Waals surface area contributed by atoms with Crippen molar-refractivity contribution in [2.75, 3.05) is 20.3 Å². The predicted octanol–water partition coefficient (Wildman–Crippen LogP) is 7.10. The average Bonchev–Trinajstić information content (AvgIpc) is 3.28. The van der Waals surface area contributed by atoms with Crippen molar-refractivity contribution in [1.29, 1.82) is 0 Å². The molecule has 1 aromatic rings. The largest absolute Gasteiger partial charge is 0.497 e. The Morgan fingerprint density at radius 2 is 1.76 bits per heavy atom. The van der Waals surface area contributed by atoms with E-state index in [1.165, 1.54) is 19.3 Å². The molecule has 0 saturated carbocycles. The molecule has 0 spiro atoms. The second kappa shape index (κ2) is 19.8. The molecule has 1 aliphatic rings. The molecule has 3 atom stereocenters. The average molecular weight is 526 g/mol. The summed E-state index contributed by atoms with van der Waals surface area (Å²) in [5.74, 6) is 1.02. The number of nitrogens with one attached hydrogen (secondary N) is 1. The molecule has 212 valence electrons. The van der Waals surface area contributed by atoms with E-state index in [4.69, 9.17) is 9.47 Å². The van der Waals surface area contributed by atoms with E-state index in [1.807, 2.05) is 36.4 Å². The standard InChI is InChI=1S/C33H51NO4/c1-4-6-8-9-10-11-15-28-19-22-32(35)30(28)25-31(34-23-13-7-5-2)33(36)16-12-14-24-38-26-27-17-20-29(37-3)21-18-27/h10-11,17-22,25,28,31,33-34,36H,4-9,12-16,23-24,26H2,1-3H3/b11-10-,30-25+/t28-,31-,33+/m0/s1. The van der Waals surface area contributed by atoms with Gasteiger partial charge in [0.1, 0.15) is 5.75 Å². The maximum Gasteiger partial charge on any atom is 0.181 e.